The van der Waals surface area contributed by atoms with E-state index in [1.54, 1.807) is 18.4 Å². The molecular formula is C17H23N3OS. The number of ether oxygens (including phenoxy) is 1. The van der Waals surface area contributed by atoms with Gasteiger partial charge >= 0.3 is 0 Å². The molecule has 5 heteroatoms. The summed E-state index contributed by atoms with van der Waals surface area (Å²) in [7, 11) is 1.70. The first-order chi connectivity index (χ1) is 10.5. The van der Waals surface area contributed by atoms with Crippen LogP contribution in [0.1, 0.15) is 19.5 Å². The molecule has 4 nitrogen and oxygen atoms in total. The Hall–Kier alpha value is -1.75. The SMILES string of the molecule is COc1ccc(N2CCN(c3nc(C)cs3)CC2(C)C)cc1. The Balaban J connectivity index is 1.78. The predicted octanol–water partition coefficient (Wildman–Crippen LogP) is 3.57. The third-order valence-electron chi connectivity index (χ3n) is 4.16. The van der Waals surface area contributed by atoms with Crippen molar-refractivity contribution in [2.75, 3.05) is 36.5 Å². The number of rotatable bonds is 3. The van der Waals surface area contributed by atoms with Crippen molar-refractivity contribution in [3.63, 3.8) is 0 Å². The van der Waals surface area contributed by atoms with E-state index < -0.39 is 0 Å². The second kappa shape index (κ2) is 5.80. The molecule has 22 heavy (non-hydrogen) atoms. The Morgan fingerprint density at radius 1 is 1.18 bits per heavy atom. The third-order valence-corrected chi connectivity index (χ3v) is 5.18. The van der Waals surface area contributed by atoms with Crippen LogP contribution in [-0.2, 0) is 0 Å². The fourth-order valence-electron chi connectivity index (χ4n) is 3.05. The van der Waals surface area contributed by atoms with E-state index in [0.29, 0.717) is 0 Å². The average Bonchev–Trinajstić information content (AvgIpc) is 2.93. The summed E-state index contributed by atoms with van der Waals surface area (Å²) in [6.45, 7) is 9.62. The Bertz CT molecular complexity index is 636. The van der Waals surface area contributed by atoms with Gasteiger partial charge in [-0.3, -0.25) is 0 Å². The lowest BCUT2D eigenvalue weighted by Crippen LogP contribution is -2.59. The molecule has 2 heterocycles. The van der Waals surface area contributed by atoms with Crippen LogP contribution in [0.15, 0.2) is 29.6 Å². The molecule has 118 valence electrons. The zero-order valence-electron chi connectivity index (χ0n) is 13.7. The van der Waals surface area contributed by atoms with E-state index in [0.717, 1.165) is 36.2 Å². The Morgan fingerprint density at radius 3 is 2.45 bits per heavy atom. The Morgan fingerprint density at radius 2 is 1.91 bits per heavy atom. The van der Waals surface area contributed by atoms with Crippen molar-refractivity contribution in [2.24, 2.45) is 0 Å². The number of piperazine rings is 1. The largest absolute Gasteiger partial charge is 0.497 e. The molecule has 1 fully saturated rings. The van der Waals surface area contributed by atoms with Crippen LogP contribution in [0.5, 0.6) is 5.75 Å². The molecule has 0 atom stereocenters. The summed E-state index contributed by atoms with van der Waals surface area (Å²) in [5.41, 5.74) is 2.42. The number of methoxy groups -OCH3 is 1. The molecule has 0 unspecified atom stereocenters. The van der Waals surface area contributed by atoms with Gasteiger partial charge in [0, 0.05) is 30.7 Å². The number of hydrogen-bond acceptors (Lipinski definition) is 5. The number of benzene rings is 1. The second-order valence-electron chi connectivity index (χ2n) is 6.36. The molecule has 1 aromatic heterocycles. The highest BCUT2D eigenvalue weighted by molar-refractivity contribution is 7.13. The van der Waals surface area contributed by atoms with Crippen molar-refractivity contribution in [3.05, 3.63) is 35.3 Å². The van der Waals surface area contributed by atoms with Gasteiger partial charge in [-0.25, -0.2) is 4.98 Å². The first-order valence-corrected chi connectivity index (χ1v) is 8.46. The van der Waals surface area contributed by atoms with E-state index in [1.165, 1.54) is 5.69 Å². The van der Waals surface area contributed by atoms with Crippen molar-refractivity contribution in [1.29, 1.82) is 0 Å². The molecule has 0 spiro atoms. The fraction of sp³-hybridized carbons (Fsp3) is 0.471. The van der Waals surface area contributed by atoms with Crippen LogP contribution in [0.4, 0.5) is 10.8 Å². The second-order valence-corrected chi connectivity index (χ2v) is 7.19. The van der Waals surface area contributed by atoms with Crippen LogP contribution in [0.25, 0.3) is 0 Å². The van der Waals surface area contributed by atoms with Gasteiger partial charge in [0.15, 0.2) is 5.13 Å². The molecule has 3 rings (SSSR count). The van der Waals surface area contributed by atoms with Crippen LogP contribution in [-0.4, -0.2) is 37.3 Å². The molecule has 2 aromatic rings. The van der Waals surface area contributed by atoms with Crippen molar-refractivity contribution in [3.8, 4) is 5.75 Å². The zero-order chi connectivity index (χ0) is 15.7. The monoisotopic (exact) mass is 317 g/mol. The number of thiazole rings is 1. The minimum Gasteiger partial charge on any atom is -0.497 e. The number of aromatic nitrogens is 1. The third kappa shape index (κ3) is 2.90. The molecule has 0 saturated carbocycles. The van der Waals surface area contributed by atoms with Gasteiger partial charge in [-0.1, -0.05) is 0 Å². The molecule has 1 saturated heterocycles. The maximum atomic E-state index is 5.25. The van der Waals surface area contributed by atoms with Crippen molar-refractivity contribution < 1.29 is 4.74 Å². The molecule has 0 bridgehead atoms. The summed E-state index contributed by atoms with van der Waals surface area (Å²) in [6.07, 6.45) is 0. The van der Waals surface area contributed by atoms with Gasteiger partial charge in [-0.15, -0.1) is 11.3 Å². The number of anilines is 2. The van der Waals surface area contributed by atoms with E-state index in [9.17, 15) is 0 Å². The van der Waals surface area contributed by atoms with Crippen molar-refractivity contribution >= 4 is 22.2 Å². The lowest BCUT2D eigenvalue weighted by Gasteiger charge is -2.48. The van der Waals surface area contributed by atoms with Gasteiger partial charge in [0.2, 0.25) is 0 Å². The summed E-state index contributed by atoms with van der Waals surface area (Å²) in [4.78, 5) is 9.51. The summed E-state index contributed by atoms with van der Waals surface area (Å²) in [5.74, 6) is 0.901. The first kappa shape index (κ1) is 15.2. The summed E-state index contributed by atoms with van der Waals surface area (Å²) in [5, 5.41) is 3.26. The van der Waals surface area contributed by atoms with Gasteiger partial charge < -0.3 is 14.5 Å². The molecule has 1 aliphatic rings. The van der Waals surface area contributed by atoms with E-state index >= 15 is 0 Å². The summed E-state index contributed by atoms with van der Waals surface area (Å²) in [6, 6.07) is 8.34. The van der Waals surface area contributed by atoms with Crippen LogP contribution in [0.3, 0.4) is 0 Å². The highest BCUT2D eigenvalue weighted by Crippen LogP contribution is 2.32. The number of nitrogens with zero attached hydrogens (tertiary/aromatic N) is 3. The minimum atomic E-state index is 0.0619. The molecule has 0 amide bonds. The average molecular weight is 317 g/mol. The quantitative estimate of drug-likeness (QED) is 0.865. The van der Waals surface area contributed by atoms with Crippen LogP contribution in [0.2, 0.25) is 0 Å². The standard InChI is InChI=1S/C17H23N3OS/c1-13-11-22-16(18-13)19-9-10-20(17(2,3)12-19)14-5-7-15(21-4)8-6-14/h5-8,11H,9-10,12H2,1-4H3. The van der Waals surface area contributed by atoms with Crippen LogP contribution in [0, 0.1) is 6.92 Å². The normalized spacial score (nSPS) is 17.6. The van der Waals surface area contributed by atoms with Crippen molar-refractivity contribution in [2.45, 2.75) is 26.3 Å². The zero-order valence-corrected chi connectivity index (χ0v) is 14.5. The van der Waals surface area contributed by atoms with E-state index in [2.05, 4.69) is 53.1 Å². The Labute approximate surface area is 136 Å². The molecule has 0 N–H and O–H groups in total. The van der Waals surface area contributed by atoms with E-state index in [4.69, 9.17) is 4.74 Å². The predicted molar refractivity (Wildman–Crippen MR) is 93.5 cm³/mol. The van der Waals surface area contributed by atoms with Crippen LogP contribution < -0.4 is 14.5 Å². The lowest BCUT2D eigenvalue weighted by molar-refractivity contribution is 0.409. The molecule has 1 aromatic carbocycles. The summed E-state index contributed by atoms with van der Waals surface area (Å²) >= 11 is 1.74. The van der Waals surface area contributed by atoms with E-state index in [1.807, 2.05) is 12.1 Å². The number of aryl methyl sites for hydroxylation is 1. The van der Waals surface area contributed by atoms with Gasteiger partial charge in [0.25, 0.3) is 0 Å². The molecule has 1 aliphatic heterocycles. The maximum Gasteiger partial charge on any atom is 0.185 e. The lowest BCUT2D eigenvalue weighted by atomic mass is 9.98. The van der Waals surface area contributed by atoms with Crippen molar-refractivity contribution in [1.82, 2.24) is 4.98 Å². The Kier molecular flexibility index (Phi) is 4.00. The van der Waals surface area contributed by atoms with Gasteiger partial charge in [-0.05, 0) is 45.0 Å². The smallest absolute Gasteiger partial charge is 0.185 e. The first-order valence-electron chi connectivity index (χ1n) is 7.58. The van der Waals surface area contributed by atoms with Gasteiger partial charge in [-0.2, -0.15) is 0 Å². The minimum absolute atomic E-state index is 0.0619. The maximum absolute atomic E-state index is 5.25. The van der Waals surface area contributed by atoms with Gasteiger partial charge in [0.1, 0.15) is 5.75 Å². The van der Waals surface area contributed by atoms with E-state index in [-0.39, 0.29) is 5.54 Å². The van der Waals surface area contributed by atoms with Gasteiger partial charge in [0.05, 0.1) is 18.3 Å². The summed E-state index contributed by atoms with van der Waals surface area (Å²) < 4.78 is 5.25. The molecular weight excluding hydrogens is 294 g/mol. The fourth-order valence-corrected chi connectivity index (χ4v) is 3.88. The molecule has 0 radical (unpaired) electrons. The topological polar surface area (TPSA) is 28.6 Å². The highest BCUT2D eigenvalue weighted by atomic mass is 32.1. The highest BCUT2D eigenvalue weighted by Gasteiger charge is 2.34. The van der Waals surface area contributed by atoms with Crippen LogP contribution >= 0.6 is 11.3 Å². The molecule has 0 aliphatic carbocycles. The number of hydrogen-bond donors (Lipinski definition) is 0.